The maximum absolute atomic E-state index is 15.0. The summed E-state index contributed by atoms with van der Waals surface area (Å²) >= 11 is 4.15. The zero-order chi connectivity index (χ0) is 35.4. The van der Waals surface area contributed by atoms with Gasteiger partial charge in [-0.15, -0.1) is 12.6 Å². The van der Waals surface area contributed by atoms with Crippen LogP contribution >= 0.6 is 12.6 Å². The van der Waals surface area contributed by atoms with Gasteiger partial charge in [0.2, 0.25) is 0 Å². The van der Waals surface area contributed by atoms with E-state index in [1.165, 1.54) is 31.4 Å². The topological polar surface area (TPSA) is 50.4 Å². The van der Waals surface area contributed by atoms with E-state index >= 15 is 4.39 Å². The molecule has 1 amide bonds. The van der Waals surface area contributed by atoms with Gasteiger partial charge in [-0.2, -0.15) is 26.3 Å². The van der Waals surface area contributed by atoms with Crippen molar-refractivity contribution in [2.24, 2.45) is 5.92 Å². The van der Waals surface area contributed by atoms with Crippen LogP contribution in [0.2, 0.25) is 0 Å². The molecule has 0 aromatic heterocycles. The molecule has 13 heteroatoms. The first-order valence-corrected chi connectivity index (χ1v) is 14.9. The van der Waals surface area contributed by atoms with E-state index in [0.717, 1.165) is 30.3 Å². The van der Waals surface area contributed by atoms with E-state index in [9.17, 15) is 35.5 Å². The van der Waals surface area contributed by atoms with Crippen LogP contribution in [0.25, 0.3) is 22.9 Å². The smallest absolute Gasteiger partial charge is 0.419 e. The van der Waals surface area contributed by atoms with E-state index in [4.69, 9.17) is 4.74 Å². The van der Waals surface area contributed by atoms with Gasteiger partial charge in [-0.1, -0.05) is 38.1 Å². The predicted octanol–water partition coefficient (Wildman–Crippen LogP) is 9.64. The number of benzene rings is 4. The Morgan fingerprint density at radius 1 is 0.854 bits per heavy atom. The Morgan fingerprint density at radius 2 is 1.56 bits per heavy atom. The molecule has 2 N–H and O–H groups in total. The van der Waals surface area contributed by atoms with Gasteiger partial charge < -0.3 is 15.4 Å². The van der Waals surface area contributed by atoms with Crippen LogP contribution in [-0.2, 0) is 18.9 Å². The molecule has 0 atom stereocenters. The third-order valence-corrected chi connectivity index (χ3v) is 7.51. The van der Waals surface area contributed by atoms with Crippen LogP contribution in [-0.4, -0.2) is 19.6 Å². The van der Waals surface area contributed by atoms with Crippen molar-refractivity contribution in [2.45, 2.75) is 37.6 Å². The molecule has 0 aliphatic heterocycles. The average molecular weight is 695 g/mol. The molecule has 0 saturated carbocycles. The van der Waals surface area contributed by atoms with Crippen molar-refractivity contribution < 1.29 is 44.7 Å². The quantitative estimate of drug-likeness (QED) is 0.0881. The summed E-state index contributed by atoms with van der Waals surface area (Å²) in [5.41, 5.74) is -2.07. The monoisotopic (exact) mass is 694 g/mol. The third-order valence-electron chi connectivity index (χ3n) is 7.14. The first-order chi connectivity index (χ1) is 22.5. The largest absolute Gasteiger partial charge is 0.496 e. The fourth-order valence-corrected chi connectivity index (χ4v) is 5.12. The average Bonchev–Trinajstić information content (AvgIpc) is 3.01. The van der Waals surface area contributed by atoms with Crippen LogP contribution in [0.5, 0.6) is 5.75 Å². The molecule has 0 unspecified atom stereocenters. The zero-order valence-electron chi connectivity index (χ0n) is 25.8. The lowest BCUT2D eigenvalue weighted by Crippen LogP contribution is -2.23. The molecule has 0 radical (unpaired) electrons. The summed E-state index contributed by atoms with van der Waals surface area (Å²) in [6, 6.07) is 13.3. The highest BCUT2D eigenvalue weighted by molar-refractivity contribution is 7.80. The number of alkyl halides is 6. The number of amides is 1. The predicted molar refractivity (Wildman–Crippen MR) is 170 cm³/mol. The second-order valence-corrected chi connectivity index (χ2v) is 11.7. The Kier molecular flexibility index (Phi) is 11.3. The summed E-state index contributed by atoms with van der Waals surface area (Å²) in [7, 11) is 1.28. The Labute approximate surface area is 277 Å². The summed E-state index contributed by atoms with van der Waals surface area (Å²) in [5.74, 6) is -2.56. The molecule has 254 valence electrons. The highest BCUT2D eigenvalue weighted by Crippen LogP contribution is 2.36. The summed E-state index contributed by atoms with van der Waals surface area (Å²) in [5, 5.41) is 5.79. The highest BCUT2D eigenvalue weighted by atomic mass is 32.1. The van der Waals surface area contributed by atoms with Crippen molar-refractivity contribution in [2.75, 3.05) is 13.7 Å². The van der Waals surface area contributed by atoms with E-state index in [1.807, 2.05) is 13.8 Å². The molecule has 0 spiro atoms. The number of carbonyl (C=O) groups is 1. The van der Waals surface area contributed by atoms with Gasteiger partial charge in [0.25, 0.3) is 5.91 Å². The molecule has 48 heavy (non-hydrogen) atoms. The summed E-state index contributed by atoms with van der Waals surface area (Å²) < 4.78 is 115. The van der Waals surface area contributed by atoms with Crippen molar-refractivity contribution in [3.05, 3.63) is 118 Å². The van der Waals surface area contributed by atoms with Crippen LogP contribution in [0.15, 0.2) is 77.7 Å². The van der Waals surface area contributed by atoms with Crippen LogP contribution < -0.4 is 15.4 Å². The number of hydrogen-bond acceptors (Lipinski definition) is 4. The van der Waals surface area contributed by atoms with E-state index in [1.54, 1.807) is 12.1 Å². The first-order valence-electron chi connectivity index (χ1n) is 14.5. The molecule has 0 saturated heterocycles. The molecular weight excluding hydrogens is 664 g/mol. The Hall–Kier alpha value is -4.36. The maximum atomic E-state index is 15.0. The Morgan fingerprint density at radius 3 is 2.19 bits per heavy atom. The number of methoxy groups -OCH3 is 1. The van der Waals surface area contributed by atoms with Gasteiger partial charge in [-0.05, 0) is 83.8 Å². The zero-order valence-corrected chi connectivity index (χ0v) is 26.7. The minimum Gasteiger partial charge on any atom is -0.496 e. The van der Waals surface area contributed by atoms with E-state index in [2.05, 4.69) is 23.3 Å². The summed E-state index contributed by atoms with van der Waals surface area (Å²) in [6.07, 6.45) is -8.74. The number of nitrogens with one attached hydrogen (secondary N) is 2. The van der Waals surface area contributed by atoms with Crippen molar-refractivity contribution >= 4 is 30.3 Å². The SMILES string of the molecule is COc1ccc(-c2cc(CNCC(C)C)ccc2F)cc1C(=O)N/C(=C\c1ccc(F)c(C(F)(F)F)c1)c1ccc(C(F)(F)F)cc1S. The van der Waals surface area contributed by atoms with Crippen LogP contribution in [0.3, 0.4) is 0 Å². The van der Waals surface area contributed by atoms with Crippen LogP contribution in [0.1, 0.15) is 52.0 Å². The van der Waals surface area contributed by atoms with Gasteiger partial charge in [-0.25, -0.2) is 8.78 Å². The van der Waals surface area contributed by atoms with Gasteiger partial charge >= 0.3 is 12.4 Å². The number of ether oxygens (including phenoxy) is 1. The molecule has 0 aliphatic rings. The minimum atomic E-state index is -5.05. The lowest BCUT2D eigenvalue weighted by molar-refractivity contribution is -0.140. The van der Waals surface area contributed by atoms with Crippen molar-refractivity contribution in [1.29, 1.82) is 0 Å². The van der Waals surface area contributed by atoms with Crippen LogP contribution in [0.4, 0.5) is 35.1 Å². The second-order valence-electron chi connectivity index (χ2n) is 11.2. The van der Waals surface area contributed by atoms with Crippen molar-refractivity contribution in [3.63, 3.8) is 0 Å². The third kappa shape index (κ3) is 8.95. The molecule has 0 bridgehead atoms. The van der Waals surface area contributed by atoms with Gasteiger partial charge in [0.05, 0.1) is 23.8 Å². The summed E-state index contributed by atoms with van der Waals surface area (Å²) in [4.78, 5) is 13.5. The molecule has 4 nitrogen and oxygen atoms in total. The molecule has 4 rings (SSSR count). The number of carbonyl (C=O) groups excluding carboxylic acids is 1. The lowest BCUT2D eigenvalue weighted by atomic mass is 9.99. The minimum absolute atomic E-state index is 0.0467. The van der Waals surface area contributed by atoms with Crippen molar-refractivity contribution in [1.82, 2.24) is 10.6 Å². The molecule has 0 aliphatic carbocycles. The van der Waals surface area contributed by atoms with E-state index in [0.29, 0.717) is 42.3 Å². The van der Waals surface area contributed by atoms with E-state index in [-0.39, 0.29) is 38.6 Å². The standard InChI is InChI=1S/C35H30F8N2O2S/c1-19(2)17-44-18-21-5-9-28(36)25(12-21)22-6-11-31(47-3)26(15-22)33(46)45-30(24-8-7-23(16-32(24)48)34(38,39)40)14-20-4-10-29(37)27(13-20)35(41,42)43/h4-16,19,44,48H,17-18H2,1-3H3,(H,45,46)/b30-14-. The van der Waals surface area contributed by atoms with Gasteiger partial charge in [0, 0.05) is 28.3 Å². The van der Waals surface area contributed by atoms with Gasteiger partial charge in [0.1, 0.15) is 17.4 Å². The van der Waals surface area contributed by atoms with E-state index < -0.39 is 41.0 Å². The first kappa shape index (κ1) is 36.5. The fraction of sp³-hybridized carbons (Fsp3) is 0.229. The second kappa shape index (κ2) is 14.8. The molecular formula is C35H30F8N2O2S. The van der Waals surface area contributed by atoms with Gasteiger partial charge in [-0.3, -0.25) is 4.79 Å². The normalized spacial score (nSPS) is 12.4. The van der Waals surface area contributed by atoms with Crippen LogP contribution in [0, 0.1) is 17.6 Å². The number of hydrogen-bond donors (Lipinski definition) is 3. The Bertz CT molecular complexity index is 1830. The van der Waals surface area contributed by atoms with Crippen molar-refractivity contribution in [3.8, 4) is 16.9 Å². The fourth-order valence-electron chi connectivity index (χ4n) is 4.78. The summed E-state index contributed by atoms with van der Waals surface area (Å²) in [6.45, 7) is 5.28. The number of rotatable bonds is 10. The molecule has 0 heterocycles. The number of halogens is 8. The number of thiol groups is 1. The molecule has 0 fully saturated rings. The lowest BCUT2D eigenvalue weighted by Gasteiger charge is -2.17. The maximum Gasteiger partial charge on any atom is 0.419 e. The molecule has 4 aromatic rings. The Balaban J connectivity index is 1.79. The highest BCUT2D eigenvalue weighted by Gasteiger charge is 2.34. The van der Waals surface area contributed by atoms with Gasteiger partial charge in [0.15, 0.2) is 0 Å². The molecule has 4 aromatic carbocycles.